The molecule has 3 aromatic rings. The zero-order valence-electron chi connectivity index (χ0n) is 14.2. The van der Waals surface area contributed by atoms with Gasteiger partial charge in [0.25, 0.3) is 5.91 Å². The largest absolute Gasteiger partial charge is 0.480 e. The number of hydrogen-bond acceptors (Lipinski definition) is 3. The van der Waals surface area contributed by atoms with Gasteiger partial charge in [0.15, 0.2) is 12.4 Å². The lowest BCUT2D eigenvalue weighted by Crippen LogP contribution is -2.30. The fourth-order valence-corrected chi connectivity index (χ4v) is 2.62. The Labute approximate surface area is 146 Å². The van der Waals surface area contributed by atoms with E-state index in [1.165, 1.54) is 0 Å². The van der Waals surface area contributed by atoms with Gasteiger partial charge in [-0.05, 0) is 42.8 Å². The maximum absolute atomic E-state index is 12.3. The zero-order valence-corrected chi connectivity index (χ0v) is 14.2. The predicted molar refractivity (Wildman–Crippen MR) is 99.2 cm³/mol. The van der Waals surface area contributed by atoms with Crippen molar-refractivity contribution >= 4 is 28.7 Å². The molecule has 0 aliphatic heterocycles. The molecule has 0 unspecified atom stereocenters. The third kappa shape index (κ3) is 3.69. The molecular formula is C21H19NO3. The van der Waals surface area contributed by atoms with E-state index in [-0.39, 0.29) is 5.91 Å². The Morgan fingerprint density at radius 1 is 1.04 bits per heavy atom. The number of carbonyl (C=O) groups excluding carboxylic acids is 2. The molecule has 0 fully saturated rings. The second kappa shape index (κ2) is 7.18. The predicted octanol–water partition coefficient (Wildman–Crippen LogP) is 4.37. The fourth-order valence-electron chi connectivity index (χ4n) is 2.62. The van der Waals surface area contributed by atoms with E-state index in [9.17, 15) is 9.59 Å². The lowest BCUT2D eigenvalue weighted by Gasteiger charge is -2.17. The molecule has 0 heterocycles. The molecule has 0 bridgehead atoms. The first-order valence-electron chi connectivity index (χ1n) is 8.09. The minimum Gasteiger partial charge on any atom is -0.480 e. The van der Waals surface area contributed by atoms with Gasteiger partial charge in [0, 0.05) is 5.69 Å². The number of anilines is 1. The van der Waals surface area contributed by atoms with E-state index in [0.29, 0.717) is 17.0 Å². The number of amides is 1. The van der Waals surface area contributed by atoms with Crippen LogP contribution in [0.2, 0.25) is 0 Å². The van der Waals surface area contributed by atoms with Gasteiger partial charge in [-0.15, -0.1) is 0 Å². The maximum Gasteiger partial charge on any atom is 0.265 e. The Morgan fingerprint density at radius 3 is 2.48 bits per heavy atom. The van der Waals surface area contributed by atoms with Crippen LogP contribution in [0.25, 0.3) is 10.8 Å². The average Bonchev–Trinajstić information content (AvgIpc) is 2.63. The standard InChI is InChI=1S/C21H19NO3/c1-14-7-10-17(11-8-14)22-21(24)15(2)25-20-12-9-16-5-3-4-6-18(16)19(20)13-23/h3-13,15H,1-2H3,(H,22,24)/t15-/m1/s1. The van der Waals surface area contributed by atoms with Crippen LogP contribution in [0.3, 0.4) is 0 Å². The summed E-state index contributed by atoms with van der Waals surface area (Å²) in [5, 5.41) is 4.57. The summed E-state index contributed by atoms with van der Waals surface area (Å²) in [4.78, 5) is 23.9. The van der Waals surface area contributed by atoms with Gasteiger partial charge in [-0.25, -0.2) is 0 Å². The van der Waals surface area contributed by atoms with Gasteiger partial charge < -0.3 is 10.1 Å². The van der Waals surface area contributed by atoms with Gasteiger partial charge in [0.1, 0.15) is 5.75 Å². The lowest BCUT2D eigenvalue weighted by molar-refractivity contribution is -0.122. The summed E-state index contributed by atoms with van der Waals surface area (Å²) in [6, 6.07) is 18.7. The summed E-state index contributed by atoms with van der Waals surface area (Å²) in [6.07, 6.45) is 0.0311. The van der Waals surface area contributed by atoms with E-state index in [2.05, 4.69) is 5.32 Å². The first-order chi connectivity index (χ1) is 12.1. The van der Waals surface area contributed by atoms with E-state index in [4.69, 9.17) is 4.74 Å². The van der Waals surface area contributed by atoms with Crippen LogP contribution in [0.1, 0.15) is 22.8 Å². The highest BCUT2D eigenvalue weighted by Crippen LogP contribution is 2.27. The second-order valence-electron chi connectivity index (χ2n) is 5.93. The smallest absolute Gasteiger partial charge is 0.265 e. The van der Waals surface area contributed by atoms with Crippen LogP contribution < -0.4 is 10.1 Å². The van der Waals surface area contributed by atoms with Crippen LogP contribution in [0, 0.1) is 6.92 Å². The van der Waals surface area contributed by atoms with Gasteiger partial charge >= 0.3 is 0 Å². The van der Waals surface area contributed by atoms with Crippen molar-refractivity contribution in [1.82, 2.24) is 0 Å². The van der Waals surface area contributed by atoms with E-state index in [1.54, 1.807) is 13.0 Å². The van der Waals surface area contributed by atoms with Crippen LogP contribution in [-0.2, 0) is 4.79 Å². The third-order valence-corrected chi connectivity index (χ3v) is 4.04. The number of benzene rings is 3. The number of fused-ring (bicyclic) bond motifs is 1. The molecule has 4 nitrogen and oxygen atoms in total. The van der Waals surface area contributed by atoms with Crippen LogP contribution in [0.4, 0.5) is 5.69 Å². The Morgan fingerprint density at radius 2 is 1.76 bits per heavy atom. The molecule has 25 heavy (non-hydrogen) atoms. The van der Waals surface area contributed by atoms with Crippen LogP contribution in [-0.4, -0.2) is 18.3 Å². The van der Waals surface area contributed by atoms with E-state index in [0.717, 1.165) is 22.6 Å². The van der Waals surface area contributed by atoms with Crippen molar-refractivity contribution in [3.63, 3.8) is 0 Å². The molecule has 1 atom stereocenters. The topological polar surface area (TPSA) is 55.4 Å². The first-order valence-corrected chi connectivity index (χ1v) is 8.09. The second-order valence-corrected chi connectivity index (χ2v) is 5.93. The van der Waals surface area contributed by atoms with Gasteiger partial charge in [0.05, 0.1) is 5.56 Å². The molecule has 3 rings (SSSR count). The Bertz CT molecular complexity index is 916. The number of ether oxygens (including phenoxy) is 1. The number of nitrogens with one attached hydrogen (secondary N) is 1. The van der Waals surface area contributed by atoms with Gasteiger partial charge in [-0.3, -0.25) is 9.59 Å². The highest BCUT2D eigenvalue weighted by Gasteiger charge is 2.17. The lowest BCUT2D eigenvalue weighted by atomic mass is 10.0. The van der Waals surface area contributed by atoms with Crippen molar-refractivity contribution in [3.05, 3.63) is 71.8 Å². The molecule has 1 N–H and O–H groups in total. The first kappa shape index (κ1) is 16.7. The minimum atomic E-state index is -0.735. The van der Waals surface area contributed by atoms with E-state index >= 15 is 0 Å². The molecule has 0 aromatic heterocycles. The van der Waals surface area contributed by atoms with Crippen molar-refractivity contribution in [1.29, 1.82) is 0 Å². The molecule has 0 saturated carbocycles. The average molecular weight is 333 g/mol. The molecule has 126 valence electrons. The summed E-state index contributed by atoms with van der Waals surface area (Å²) >= 11 is 0. The molecule has 3 aromatic carbocycles. The zero-order chi connectivity index (χ0) is 17.8. The van der Waals surface area contributed by atoms with Crippen LogP contribution in [0.5, 0.6) is 5.75 Å². The Balaban J connectivity index is 1.79. The van der Waals surface area contributed by atoms with E-state index in [1.807, 2.05) is 61.5 Å². The number of aryl methyl sites for hydroxylation is 1. The molecule has 0 saturated heterocycles. The molecule has 1 amide bonds. The number of hydrogen-bond donors (Lipinski definition) is 1. The molecule has 0 spiro atoms. The highest BCUT2D eigenvalue weighted by atomic mass is 16.5. The number of aldehydes is 1. The van der Waals surface area contributed by atoms with Crippen molar-refractivity contribution in [2.45, 2.75) is 20.0 Å². The maximum atomic E-state index is 12.3. The minimum absolute atomic E-state index is 0.270. The molecule has 0 aliphatic carbocycles. The van der Waals surface area contributed by atoms with Crippen LogP contribution >= 0.6 is 0 Å². The quantitative estimate of drug-likeness (QED) is 0.706. The molecular weight excluding hydrogens is 314 g/mol. The number of carbonyl (C=O) groups is 2. The summed E-state index contributed by atoms with van der Waals surface area (Å²) in [6.45, 7) is 3.64. The molecule has 0 aliphatic rings. The van der Waals surface area contributed by atoms with Gasteiger partial charge in [0.2, 0.25) is 0 Å². The monoisotopic (exact) mass is 333 g/mol. The normalized spacial score (nSPS) is 11.8. The van der Waals surface area contributed by atoms with E-state index < -0.39 is 6.10 Å². The summed E-state index contributed by atoms with van der Waals surface area (Å²) in [7, 11) is 0. The van der Waals surface area contributed by atoms with Crippen molar-refractivity contribution in [2.75, 3.05) is 5.32 Å². The van der Waals surface area contributed by atoms with Gasteiger partial charge in [-0.2, -0.15) is 0 Å². The summed E-state index contributed by atoms with van der Waals surface area (Å²) < 4.78 is 5.76. The third-order valence-electron chi connectivity index (χ3n) is 4.04. The van der Waals surface area contributed by atoms with Crippen molar-refractivity contribution < 1.29 is 14.3 Å². The SMILES string of the molecule is Cc1ccc(NC(=O)[C@@H](C)Oc2ccc3ccccc3c2C=O)cc1. The Kier molecular flexibility index (Phi) is 4.80. The summed E-state index contributed by atoms with van der Waals surface area (Å²) in [5.41, 5.74) is 2.28. The molecule has 4 heteroatoms. The van der Waals surface area contributed by atoms with Crippen molar-refractivity contribution in [2.24, 2.45) is 0 Å². The highest BCUT2D eigenvalue weighted by molar-refractivity contribution is 6.01. The molecule has 0 radical (unpaired) electrons. The number of rotatable bonds is 5. The Hall–Kier alpha value is -3.14. The summed E-state index contributed by atoms with van der Waals surface area (Å²) in [5.74, 6) is 0.133. The fraction of sp³-hybridized carbons (Fsp3) is 0.143. The van der Waals surface area contributed by atoms with Gasteiger partial charge in [-0.1, -0.05) is 48.0 Å². The van der Waals surface area contributed by atoms with Crippen molar-refractivity contribution in [3.8, 4) is 5.75 Å². The van der Waals surface area contributed by atoms with Crippen LogP contribution in [0.15, 0.2) is 60.7 Å².